The van der Waals surface area contributed by atoms with Gasteiger partial charge >= 0.3 is 0 Å². The van der Waals surface area contributed by atoms with Crippen LogP contribution in [0.5, 0.6) is 0 Å². The van der Waals surface area contributed by atoms with Gasteiger partial charge in [-0.2, -0.15) is 0 Å². The number of aromatic amines is 1. The second-order valence-corrected chi connectivity index (χ2v) is 4.85. The number of hydrogen-bond acceptors (Lipinski definition) is 4. The molecule has 1 aromatic rings. The van der Waals surface area contributed by atoms with Gasteiger partial charge in [-0.1, -0.05) is 0 Å². The molecule has 1 heterocycles. The van der Waals surface area contributed by atoms with E-state index in [4.69, 9.17) is 5.73 Å². The molecule has 92 valence electrons. The van der Waals surface area contributed by atoms with Gasteiger partial charge in [0.25, 0.3) is 11.5 Å². The number of Topliss-reactive ketones (excluding diaryl/α,β-unsaturated/α-hetero) is 1. The van der Waals surface area contributed by atoms with E-state index in [9.17, 15) is 18.9 Å². The van der Waals surface area contributed by atoms with Crippen molar-refractivity contribution in [1.29, 1.82) is 0 Å². The lowest BCUT2D eigenvalue weighted by Gasteiger charge is -2.13. The maximum Gasteiger partial charge on any atom is 0.266 e. The topological polar surface area (TPSA) is 116 Å². The number of carbonyl (C=O) groups is 2. The maximum absolute atomic E-state index is 11.6. The first-order valence-electron chi connectivity index (χ1n) is 4.68. The minimum Gasteiger partial charge on any atom is -0.612 e. The van der Waals surface area contributed by atoms with E-state index in [-0.39, 0.29) is 21.9 Å². The van der Waals surface area contributed by atoms with Crippen LogP contribution in [0.1, 0.15) is 33.3 Å². The fourth-order valence-electron chi connectivity index (χ4n) is 1.63. The summed E-state index contributed by atoms with van der Waals surface area (Å²) in [7, 11) is 0. The normalized spacial score (nSPS) is 12.2. The lowest BCUT2D eigenvalue weighted by Crippen LogP contribution is -2.30. The number of amides is 1. The van der Waals surface area contributed by atoms with Crippen molar-refractivity contribution >= 4 is 22.9 Å². The summed E-state index contributed by atoms with van der Waals surface area (Å²) in [6, 6.07) is 0. The van der Waals surface area contributed by atoms with E-state index >= 15 is 0 Å². The molecule has 0 radical (unpaired) electrons. The van der Waals surface area contributed by atoms with Gasteiger partial charge in [-0.25, -0.2) is 0 Å². The molecule has 1 amide bonds. The minimum atomic E-state index is -1.66. The number of H-pyrrole nitrogens is 1. The highest BCUT2D eigenvalue weighted by molar-refractivity contribution is 7.90. The molecule has 7 heteroatoms. The van der Waals surface area contributed by atoms with E-state index in [0.717, 1.165) is 0 Å². The number of nitrogens with one attached hydrogen (secondary N) is 1. The molecule has 0 fully saturated rings. The van der Waals surface area contributed by atoms with Crippen LogP contribution < -0.4 is 11.3 Å². The zero-order chi connectivity index (χ0) is 13.3. The van der Waals surface area contributed by atoms with Crippen molar-refractivity contribution in [2.45, 2.75) is 18.7 Å². The van der Waals surface area contributed by atoms with E-state index < -0.39 is 28.2 Å². The van der Waals surface area contributed by atoms with Crippen LogP contribution in [0.2, 0.25) is 0 Å². The largest absolute Gasteiger partial charge is 0.612 e. The summed E-state index contributed by atoms with van der Waals surface area (Å²) in [5, 5.41) is 0. The van der Waals surface area contributed by atoms with Crippen LogP contribution in [0.3, 0.4) is 0 Å². The van der Waals surface area contributed by atoms with Gasteiger partial charge in [-0.15, -0.1) is 0 Å². The van der Waals surface area contributed by atoms with Crippen LogP contribution in [0.4, 0.5) is 0 Å². The number of nitrogens with two attached hydrogens (primary N) is 1. The Morgan fingerprint density at radius 3 is 2.24 bits per heavy atom. The summed E-state index contributed by atoms with van der Waals surface area (Å²) in [6.45, 7) is 2.76. The summed E-state index contributed by atoms with van der Waals surface area (Å²) >= 11 is -1.66. The van der Waals surface area contributed by atoms with Gasteiger partial charge in [0.2, 0.25) is 0 Å². The third kappa shape index (κ3) is 2.40. The van der Waals surface area contributed by atoms with Crippen LogP contribution in [0, 0.1) is 6.92 Å². The van der Waals surface area contributed by atoms with Crippen molar-refractivity contribution in [2.75, 3.05) is 6.26 Å². The first-order valence-corrected chi connectivity index (χ1v) is 6.24. The number of ketones is 1. The van der Waals surface area contributed by atoms with Crippen molar-refractivity contribution in [2.24, 2.45) is 5.73 Å². The number of hydrogen-bond donors (Lipinski definition) is 2. The Morgan fingerprint density at radius 2 is 1.88 bits per heavy atom. The van der Waals surface area contributed by atoms with E-state index in [2.05, 4.69) is 4.98 Å². The summed E-state index contributed by atoms with van der Waals surface area (Å²) in [5.41, 5.74) is 4.28. The third-order valence-corrected chi connectivity index (χ3v) is 3.23. The first kappa shape index (κ1) is 13.5. The van der Waals surface area contributed by atoms with Crippen molar-refractivity contribution in [3.8, 4) is 0 Å². The van der Waals surface area contributed by atoms with Crippen LogP contribution in [0.15, 0.2) is 9.69 Å². The summed E-state index contributed by atoms with van der Waals surface area (Å²) in [4.78, 5) is 36.5. The molecule has 0 aromatic carbocycles. The monoisotopic (exact) mass is 256 g/mol. The standard InChI is InChI=1S/C10H12N2O4S/c1-4-6(5(2)13)8(17(3)16)7(9(11)14)10(15)12-4/h1-3H3,(H2,11,14)(H,12,15). The SMILES string of the molecule is CC(=O)c1c(C)[nH]c(=O)c(C(N)=O)c1[S+](C)[O-]. The zero-order valence-corrected chi connectivity index (χ0v) is 10.4. The van der Waals surface area contributed by atoms with Gasteiger partial charge < -0.3 is 15.3 Å². The highest BCUT2D eigenvalue weighted by Gasteiger charge is 2.28. The zero-order valence-electron chi connectivity index (χ0n) is 9.62. The van der Waals surface area contributed by atoms with Crippen LogP contribution in [-0.2, 0) is 11.2 Å². The molecule has 1 rings (SSSR count). The van der Waals surface area contributed by atoms with E-state index in [1.807, 2.05) is 0 Å². The van der Waals surface area contributed by atoms with Gasteiger partial charge in [0.1, 0.15) is 6.26 Å². The fraction of sp³-hybridized carbons (Fsp3) is 0.300. The molecule has 0 saturated carbocycles. The number of pyridine rings is 1. The quantitative estimate of drug-likeness (QED) is 0.571. The number of carbonyl (C=O) groups excluding carboxylic acids is 2. The van der Waals surface area contributed by atoms with Gasteiger partial charge in [0.15, 0.2) is 16.2 Å². The van der Waals surface area contributed by atoms with Crippen LogP contribution >= 0.6 is 0 Å². The van der Waals surface area contributed by atoms with Crippen molar-refractivity contribution in [3.63, 3.8) is 0 Å². The number of aromatic nitrogens is 1. The number of rotatable bonds is 3. The van der Waals surface area contributed by atoms with Gasteiger partial charge in [-0.3, -0.25) is 14.4 Å². The third-order valence-electron chi connectivity index (χ3n) is 2.24. The fourth-order valence-corrected chi connectivity index (χ4v) is 2.69. The maximum atomic E-state index is 11.6. The molecule has 1 aromatic heterocycles. The van der Waals surface area contributed by atoms with Gasteiger partial charge in [0.05, 0.1) is 5.56 Å². The predicted molar refractivity (Wildman–Crippen MR) is 62.7 cm³/mol. The Bertz CT molecular complexity index is 548. The molecular formula is C10H12N2O4S. The molecule has 0 saturated heterocycles. The Hall–Kier alpha value is -1.60. The minimum absolute atomic E-state index is 0.0826. The second-order valence-electron chi connectivity index (χ2n) is 3.53. The Morgan fingerprint density at radius 1 is 1.35 bits per heavy atom. The molecule has 0 aliphatic carbocycles. The van der Waals surface area contributed by atoms with Gasteiger partial charge in [-0.05, 0) is 25.0 Å². The lowest BCUT2D eigenvalue weighted by atomic mass is 10.1. The van der Waals surface area contributed by atoms with E-state index in [1.54, 1.807) is 0 Å². The molecule has 0 spiro atoms. The van der Waals surface area contributed by atoms with Crippen LogP contribution in [-0.4, -0.2) is 27.5 Å². The number of aryl methyl sites for hydroxylation is 1. The molecule has 0 aliphatic rings. The second kappa shape index (κ2) is 4.72. The Kier molecular flexibility index (Phi) is 3.74. The lowest BCUT2D eigenvalue weighted by molar-refractivity contribution is 0.0995. The molecule has 0 aliphatic heterocycles. The van der Waals surface area contributed by atoms with Crippen molar-refractivity contribution in [3.05, 3.63) is 27.2 Å². The molecule has 1 atom stereocenters. The first-order chi connectivity index (χ1) is 7.77. The molecular weight excluding hydrogens is 244 g/mol. The highest BCUT2D eigenvalue weighted by atomic mass is 32.2. The Balaban J connectivity index is 3.85. The predicted octanol–water partition coefficient (Wildman–Crippen LogP) is -0.278. The molecule has 0 bridgehead atoms. The highest BCUT2D eigenvalue weighted by Crippen LogP contribution is 2.20. The van der Waals surface area contributed by atoms with E-state index in [1.165, 1.54) is 20.1 Å². The smallest absolute Gasteiger partial charge is 0.266 e. The summed E-state index contributed by atoms with van der Waals surface area (Å²) < 4.78 is 11.6. The molecule has 17 heavy (non-hydrogen) atoms. The average Bonchev–Trinajstić information content (AvgIpc) is 2.14. The van der Waals surface area contributed by atoms with E-state index in [0.29, 0.717) is 0 Å². The summed E-state index contributed by atoms with van der Waals surface area (Å²) in [6.07, 6.45) is 1.28. The number of primary amides is 1. The molecule has 1 unspecified atom stereocenters. The van der Waals surface area contributed by atoms with Crippen molar-refractivity contribution < 1.29 is 14.1 Å². The van der Waals surface area contributed by atoms with Crippen molar-refractivity contribution in [1.82, 2.24) is 4.98 Å². The van der Waals surface area contributed by atoms with Gasteiger partial charge in [0, 0.05) is 5.69 Å². The summed E-state index contributed by atoms with van der Waals surface area (Å²) in [5.74, 6) is -1.38. The Labute approximate surface area is 100 Å². The van der Waals surface area contributed by atoms with Crippen LogP contribution in [0.25, 0.3) is 0 Å². The average molecular weight is 256 g/mol. The molecule has 3 N–H and O–H groups in total. The molecule has 6 nitrogen and oxygen atoms in total.